The Bertz CT molecular complexity index is 635. The first-order chi connectivity index (χ1) is 12.6. The Labute approximate surface area is 161 Å². The maximum atomic E-state index is 12.5. The summed E-state index contributed by atoms with van der Waals surface area (Å²) in [5, 5.41) is 6.45. The molecule has 2 saturated carbocycles. The molecule has 1 aromatic carbocycles. The molecule has 0 aromatic heterocycles. The molecular weight excluding hydrogens is 348 g/mol. The van der Waals surface area contributed by atoms with Gasteiger partial charge in [0.25, 0.3) is 5.91 Å². The number of amides is 2. The molecule has 2 aliphatic rings. The second kappa shape index (κ2) is 9.40. The highest BCUT2D eigenvalue weighted by molar-refractivity contribution is 6.33. The molecule has 0 bridgehead atoms. The predicted octanol–water partition coefficient (Wildman–Crippen LogP) is 5.31. The Balaban J connectivity index is 1.55. The maximum absolute atomic E-state index is 12.5. The van der Waals surface area contributed by atoms with Crippen molar-refractivity contribution in [2.75, 3.05) is 5.32 Å². The van der Waals surface area contributed by atoms with Gasteiger partial charge >= 0.3 is 0 Å². The third-order valence-electron chi connectivity index (χ3n) is 5.70. The lowest BCUT2D eigenvalue weighted by atomic mass is 9.95. The fourth-order valence-corrected chi connectivity index (χ4v) is 4.29. The van der Waals surface area contributed by atoms with Crippen LogP contribution in [0.25, 0.3) is 0 Å². The average Bonchev–Trinajstić information content (AvgIpc) is 3.16. The van der Waals surface area contributed by atoms with E-state index < -0.39 is 0 Å². The lowest BCUT2D eigenvalue weighted by molar-refractivity contribution is -0.116. The van der Waals surface area contributed by atoms with Crippen molar-refractivity contribution in [3.05, 3.63) is 28.8 Å². The lowest BCUT2D eigenvalue weighted by Crippen LogP contribution is -2.36. The van der Waals surface area contributed by atoms with E-state index in [-0.39, 0.29) is 17.9 Å². The van der Waals surface area contributed by atoms with Gasteiger partial charge in [-0.2, -0.15) is 0 Å². The number of carbonyl (C=O) groups is 2. The topological polar surface area (TPSA) is 58.2 Å². The minimum atomic E-state index is -0.0879. The van der Waals surface area contributed by atoms with Crippen molar-refractivity contribution in [3.63, 3.8) is 0 Å². The standard InChI is InChI=1S/C21H29ClN2O2/c22-18-12-11-16(21(26)23-17-8-2-1-3-9-17)14-19(18)24-20(25)13-10-15-6-4-5-7-15/h11-12,14-15,17H,1-10,13H2,(H,23,26)(H,24,25). The summed E-state index contributed by atoms with van der Waals surface area (Å²) >= 11 is 6.22. The van der Waals surface area contributed by atoms with Crippen molar-refractivity contribution in [1.82, 2.24) is 5.32 Å². The van der Waals surface area contributed by atoms with Gasteiger partial charge in [0, 0.05) is 18.0 Å². The van der Waals surface area contributed by atoms with E-state index in [4.69, 9.17) is 11.6 Å². The van der Waals surface area contributed by atoms with Gasteiger partial charge in [-0.3, -0.25) is 9.59 Å². The van der Waals surface area contributed by atoms with Crippen LogP contribution in [0.5, 0.6) is 0 Å². The van der Waals surface area contributed by atoms with Crippen LogP contribution in [0.3, 0.4) is 0 Å². The van der Waals surface area contributed by atoms with Gasteiger partial charge in [0.2, 0.25) is 5.91 Å². The number of nitrogens with one attached hydrogen (secondary N) is 2. The normalized spacial score (nSPS) is 18.7. The van der Waals surface area contributed by atoms with E-state index in [1.165, 1.54) is 44.9 Å². The number of rotatable bonds is 6. The molecule has 2 N–H and O–H groups in total. The van der Waals surface area contributed by atoms with E-state index in [2.05, 4.69) is 10.6 Å². The Morgan fingerprint density at radius 2 is 1.69 bits per heavy atom. The van der Waals surface area contributed by atoms with Gasteiger partial charge in [0.1, 0.15) is 0 Å². The molecule has 26 heavy (non-hydrogen) atoms. The summed E-state index contributed by atoms with van der Waals surface area (Å²) in [5.41, 5.74) is 1.07. The van der Waals surface area contributed by atoms with Crippen molar-refractivity contribution < 1.29 is 9.59 Å². The van der Waals surface area contributed by atoms with Gasteiger partial charge in [-0.15, -0.1) is 0 Å². The highest BCUT2D eigenvalue weighted by Crippen LogP contribution is 2.29. The molecule has 2 amide bonds. The molecule has 1 aromatic rings. The molecule has 0 aliphatic heterocycles. The summed E-state index contributed by atoms with van der Waals surface area (Å²) in [6.45, 7) is 0. The number of halogens is 1. The Morgan fingerprint density at radius 1 is 1.00 bits per heavy atom. The largest absolute Gasteiger partial charge is 0.349 e. The number of anilines is 1. The van der Waals surface area contributed by atoms with Crippen molar-refractivity contribution in [2.24, 2.45) is 5.92 Å². The minimum absolute atomic E-state index is 0.0244. The second-order valence-corrected chi connectivity index (χ2v) is 8.15. The predicted molar refractivity (Wildman–Crippen MR) is 106 cm³/mol. The Hall–Kier alpha value is -1.55. The monoisotopic (exact) mass is 376 g/mol. The van der Waals surface area contributed by atoms with E-state index >= 15 is 0 Å². The van der Waals surface area contributed by atoms with Gasteiger partial charge < -0.3 is 10.6 Å². The third-order valence-corrected chi connectivity index (χ3v) is 6.03. The zero-order valence-corrected chi connectivity index (χ0v) is 16.1. The first-order valence-corrected chi connectivity index (χ1v) is 10.4. The van der Waals surface area contributed by atoms with E-state index in [1.807, 2.05) is 0 Å². The quantitative estimate of drug-likeness (QED) is 0.706. The highest BCUT2D eigenvalue weighted by Gasteiger charge is 2.19. The molecule has 5 heteroatoms. The molecule has 0 saturated heterocycles. The zero-order chi connectivity index (χ0) is 18.4. The van der Waals surface area contributed by atoms with Crippen LogP contribution in [0.2, 0.25) is 5.02 Å². The average molecular weight is 377 g/mol. The van der Waals surface area contributed by atoms with E-state index in [1.54, 1.807) is 18.2 Å². The van der Waals surface area contributed by atoms with Gasteiger partial charge in [-0.25, -0.2) is 0 Å². The minimum Gasteiger partial charge on any atom is -0.349 e. The summed E-state index contributed by atoms with van der Waals surface area (Å²) in [7, 11) is 0. The van der Waals surface area contributed by atoms with Crippen molar-refractivity contribution in [3.8, 4) is 0 Å². The summed E-state index contributed by atoms with van der Waals surface area (Å²) in [6.07, 6.45) is 12.2. The number of hydrogen-bond acceptors (Lipinski definition) is 2. The van der Waals surface area contributed by atoms with E-state index in [0.29, 0.717) is 28.6 Å². The number of carbonyl (C=O) groups excluding carboxylic acids is 2. The zero-order valence-electron chi connectivity index (χ0n) is 15.4. The molecule has 0 radical (unpaired) electrons. The second-order valence-electron chi connectivity index (χ2n) is 7.74. The van der Waals surface area contributed by atoms with Crippen molar-refractivity contribution in [1.29, 1.82) is 0 Å². The molecule has 2 aliphatic carbocycles. The molecule has 0 heterocycles. The summed E-state index contributed by atoms with van der Waals surface area (Å²) in [6, 6.07) is 5.35. The maximum Gasteiger partial charge on any atom is 0.251 e. The number of hydrogen-bond donors (Lipinski definition) is 2. The van der Waals surface area contributed by atoms with E-state index in [9.17, 15) is 9.59 Å². The summed E-state index contributed by atoms with van der Waals surface area (Å²) in [4.78, 5) is 24.7. The molecule has 2 fully saturated rings. The van der Waals surface area contributed by atoms with Crippen LogP contribution in [0.1, 0.15) is 81.0 Å². The van der Waals surface area contributed by atoms with Crippen LogP contribution >= 0.6 is 11.6 Å². The van der Waals surface area contributed by atoms with E-state index in [0.717, 1.165) is 19.3 Å². The van der Waals surface area contributed by atoms with Crippen molar-refractivity contribution >= 4 is 29.1 Å². The van der Waals surface area contributed by atoms with Crippen LogP contribution in [0, 0.1) is 5.92 Å². The van der Waals surface area contributed by atoms with Crippen LogP contribution in [-0.2, 0) is 4.79 Å². The SMILES string of the molecule is O=C(CCC1CCCC1)Nc1cc(C(=O)NC2CCCCC2)ccc1Cl. The van der Waals surface area contributed by atoms with Gasteiger partial charge in [-0.05, 0) is 43.4 Å². The van der Waals surface area contributed by atoms with Gasteiger partial charge in [-0.1, -0.05) is 56.5 Å². The Kier molecular flexibility index (Phi) is 6.95. The first kappa shape index (κ1) is 19.2. The molecule has 0 unspecified atom stereocenters. The molecule has 142 valence electrons. The smallest absolute Gasteiger partial charge is 0.251 e. The lowest BCUT2D eigenvalue weighted by Gasteiger charge is -2.23. The molecule has 0 atom stereocenters. The Morgan fingerprint density at radius 3 is 2.42 bits per heavy atom. The van der Waals surface area contributed by atoms with Gasteiger partial charge in [0.05, 0.1) is 10.7 Å². The fraction of sp³-hybridized carbons (Fsp3) is 0.619. The summed E-state index contributed by atoms with van der Waals surface area (Å²) in [5.74, 6) is 0.572. The molecular formula is C21H29ClN2O2. The summed E-state index contributed by atoms with van der Waals surface area (Å²) < 4.78 is 0. The fourth-order valence-electron chi connectivity index (χ4n) is 4.12. The third kappa shape index (κ3) is 5.47. The highest BCUT2D eigenvalue weighted by atomic mass is 35.5. The first-order valence-electron chi connectivity index (χ1n) is 10.0. The van der Waals surface area contributed by atoms with Gasteiger partial charge in [0.15, 0.2) is 0 Å². The molecule has 0 spiro atoms. The van der Waals surface area contributed by atoms with Crippen LogP contribution in [-0.4, -0.2) is 17.9 Å². The van der Waals surface area contributed by atoms with Crippen LogP contribution in [0.15, 0.2) is 18.2 Å². The molecule has 3 rings (SSSR count). The van der Waals surface area contributed by atoms with Crippen LogP contribution < -0.4 is 10.6 Å². The van der Waals surface area contributed by atoms with Crippen molar-refractivity contribution in [2.45, 2.75) is 76.7 Å². The van der Waals surface area contributed by atoms with Crippen LogP contribution in [0.4, 0.5) is 5.69 Å². The molecule has 4 nitrogen and oxygen atoms in total. The number of benzene rings is 1.